The highest BCUT2D eigenvalue weighted by Crippen LogP contribution is 2.29. The number of rotatable bonds is 7. The number of carbonyl (C=O) groups excluding carboxylic acids is 2. The molecule has 1 atom stereocenters. The molecule has 9 nitrogen and oxygen atoms in total. The van der Waals surface area contributed by atoms with Gasteiger partial charge in [0.15, 0.2) is 4.80 Å². The number of aromatic nitrogens is 1. The first-order valence-electron chi connectivity index (χ1n) is 10.3. The van der Waals surface area contributed by atoms with Gasteiger partial charge in [0.05, 0.1) is 23.9 Å². The van der Waals surface area contributed by atoms with Gasteiger partial charge in [0.1, 0.15) is 22.5 Å². The number of sulfonamides is 1. The van der Waals surface area contributed by atoms with Gasteiger partial charge in [-0.3, -0.25) is 9.59 Å². The maximum atomic E-state index is 13.2. The summed E-state index contributed by atoms with van der Waals surface area (Å²) in [6, 6.07) is 7.66. The van der Waals surface area contributed by atoms with E-state index in [2.05, 4.69) is 4.99 Å². The van der Waals surface area contributed by atoms with Crippen molar-refractivity contribution in [2.24, 2.45) is 4.99 Å². The second kappa shape index (κ2) is 9.75. The van der Waals surface area contributed by atoms with Crippen LogP contribution in [-0.2, 0) is 30.9 Å². The summed E-state index contributed by atoms with van der Waals surface area (Å²) in [5.74, 6) is -0.373. The normalized spacial score (nSPS) is 17.5. The van der Waals surface area contributed by atoms with E-state index in [0.717, 1.165) is 16.0 Å². The Balaban J connectivity index is 1.74. The molecule has 0 radical (unpaired) electrons. The summed E-state index contributed by atoms with van der Waals surface area (Å²) in [6.45, 7) is 2.10. The lowest BCUT2D eigenvalue weighted by Gasteiger charge is -2.20. The van der Waals surface area contributed by atoms with Gasteiger partial charge in [-0.15, -0.1) is 11.3 Å². The van der Waals surface area contributed by atoms with Crippen LogP contribution < -0.4 is 9.54 Å². The number of ether oxygens (including phenoxy) is 2. The van der Waals surface area contributed by atoms with E-state index >= 15 is 0 Å². The van der Waals surface area contributed by atoms with Crippen molar-refractivity contribution in [3.63, 3.8) is 0 Å². The standard InChI is InChI=1S/C21H23N3O6S3/c1-3-30-18(25)13-23-15-9-8-14(29-2)12-17(15)32-21(23)22-20(26)16-6-4-10-24(16)33(27,28)19-7-5-11-31-19/h5,7-9,11-12,16H,3-4,6,10,13H2,1-2H3. The summed E-state index contributed by atoms with van der Waals surface area (Å²) in [5.41, 5.74) is 0.704. The lowest BCUT2D eigenvalue weighted by molar-refractivity contribution is -0.143. The molecule has 3 heterocycles. The molecule has 1 saturated heterocycles. The van der Waals surface area contributed by atoms with Crippen LogP contribution in [0.4, 0.5) is 0 Å². The number of esters is 1. The van der Waals surface area contributed by atoms with Crippen molar-refractivity contribution >= 4 is 54.8 Å². The Kier molecular flexibility index (Phi) is 6.98. The maximum absolute atomic E-state index is 13.2. The molecule has 4 rings (SSSR count). The third kappa shape index (κ3) is 4.74. The fraction of sp³-hybridized carbons (Fsp3) is 0.381. The third-order valence-corrected chi connectivity index (χ3v) is 9.56. The molecule has 1 amide bonds. The number of methoxy groups -OCH3 is 1. The summed E-state index contributed by atoms with van der Waals surface area (Å²) < 4.78 is 40.2. The van der Waals surface area contributed by atoms with E-state index in [4.69, 9.17) is 9.47 Å². The van der Waals surface area contributed by atoms with Crippen LogP contribution in [0.1, 0.15) is 19.8 Å². The van der Waals surface area contributed by atoms with Gasteiger partial charge >= 0.3 is 5.97 Å². The topological polar surface area (TPSA) is 107 Å². The second-order valence-electron chi connectivity index (χ2n) is 7.27. The quantitative estimate of drug-likeness (QED) is 0.453. The molecule has 1 unspecified atom stereocenters. The monoisotopic (exact) mass is 509 g/mol. The number of thiazole rings is 1. The van der Waals surface area contributed by atoms with Crippen LogP contribution in [-0.4, -0.2) is 55.5 Å². The molecule has 1 aliphatic rings. The average Bonchev–Trinajstić information content (AvgIpc) is 3.54. The Morgan fingerprint density at radius 3 is 2.79 bits per heavy atom. The van der Waals surface area contributed by atoms with Gasteiger partial charge in [0, 0.05) is 6.54 Å². The molecule has 0 N–H and O–H groups in total. The number of amides is 1. The summed E-state index contributed by atoms with van der Waals surface area (Å²) in [4.78, 5) is 30.0. The smallest absolute Gasteiger partial charge is 0.326 e. The minimum Gasteiger partial charge on any atom is -0.497 e. The van der Waals surface area contributed by atoms with E-state index in [9.17, 15) is 18.0 Å². The number of benzene rings is 1. The summed E-state index contributed by atoms with van der Waals surface area (Å²) in [7, 11) is -2.22. The van der Waals surface area contributed by atoms with Crippen LogP contribution in [0.5, 0.6) is 5.75 Å². The Labute approximate surface area is 198 Å². The van der Waals surface area contributed by atoms with Crippen LogP contribution >= 0.6 is 22.7 Å². The molecular formula is C21H23N3O6S3. The first kappa shape index (κ1) is 23.6. The van der Waals surface area contributed by atoms with Crippen molar-refractivity contribution in [2.75, 3.05) is 20.3 Å². The van der Waals surface area contributed by atoms with Gasteiger partial charge in [-0.2, -0.15) is 9.30 Å². The number of carbonyl (C=O) groups is 2. The highest BCUT2D eigenvalue weighted by atomic mass is 32.2. The van der Waals surface area contributed by atoms with E-state index in [0.29, 0.717) is 28.9 Å². The molecule has 1 fully saturated rings. The molecule has 1 aromatic carbocycles. The zero-order valence-electron chi connectivity index (χ0n) is 18.1. The van der Waals surface area contributed by atoms with Crippen molar-refractivity contribution in [3.8, 4) is 5.75 Å². The predicted molar refractivity (Wildman–Crippen MR) is 125 cm³/mol. The fourth-order valence-electron chi connectivity index (χ4n) is 3.72. The van der Waals surface area contributed by atoms with Crippen molar-refractivity contribution in [1.82, 2.24) is 8.87 Å². The maximum Gasteiger partial charge on any atom is 0.326 e. The summed E-state index contributed by atoms with van der Waals surface area (Å²) in [6.07, 6.45) is 0.965. The Morgan fingerprint density at radius 2 is 2.09 bits per heavy atom. The second-order valence-corrected chi connectivity index (χ2v) is 11.3. The minimum atomic E-state index is -3.77. The molecule has 0 spiro atoms. The molecule has 0 aliphatic carbocycles. The van der Waals surface area contributed by atoms with Gasteiger partial charge in [-0.1, -0.05) is 17.4 Å². The SMILES string of the molecule is CCOC(=O)Cn1c(=NC(=O)C2CCCN2S(=O)(=O)c2cccs2)sc2cc(OC)ccc21. The van der Waals surface area contributed by atoms with Crippen LogP contribution in [0.3, 0.4) is 0 Å². The van der Waals surface area contributed by atoms with Crippen LogP contribution in [0.2, 0.25) is 0 Å². The first-order valence-corrected chi connectivity index (χ1v) is 13.5. The fourth-order valence-corrected chi connectivity index (χ4v) is 7.56. The molecule has 0 bridgehead atoms. The van der Waals surface area contributed by atoms with E-state index < -0.39 is 27.9 Å². The molecule has 176 valence electrons. The highest BCUT2D eigenvalue weighted by molar-refractivity contribution is 7.91. The van der Waals surface area contributed by atoms with Crippen LogP contribution in [0.25, 0.3) is 10.2 Å². The number of fused-ring (bicyclic) bond motifs is 1. The van der Waals surface area contributed by atoms with Crippen molar-refractivity contribution < 1.29 is 27.5 Å². The van der Waals surface area contributed by atoms with E-state index in [-0.39, 0.29) is 23.9 Å². The zero-order valence-corrected chi connectivity index (χ0v) is 20.5. The number of thiophene rings is 1. The Bertz CT molecular complexity index is 1340. The molecule has 0 saturated carbocycles. The van der Waals surface area contributed by atoms with Gasteiger partial charge < -0.3 is 14.0 Å². The van der Waals surface area contributed by atoms with E-state index in [1.165, 1.54) is 21.7 Å². The molecule has 2 aromatic heterocycles. The van der Waals surface area contributed by atoms with Gasteiger partial charge in [0.2, 0.25) is 0 Å². The van der Waals surface area contributed by atoms with E-state index in [1.807, 2.05) is 0 Å². The largest absolute Gasteiger partial charge is 0.497 e. The van der Waals surface area contributed by atoms with E-state index in [1.54, 1.807) is 48.2 Å². The number of hydrogen-bond acceptors (Lipinski definition) is 8. The minimum absolute atomic E-state index is 0.117. The van der Waals surface area contributed by atoms with Crippen LogP contribution in [0.15, 0.2) is 44.9 Å². The van der Waals surface area contributed by atoms with Crippen molar-refractivity contribution in [2.45, 2.75) is 36.6 Å². The molecule has 3 aromatic rings. The van der Waals surface area contributed by atoms with Crippen molar-refractivity contribution in [3.05, 3.63) is 40.5 Å². The van der Waals surface area contributed by atoms with Gasteiger partial charge in [-0.25, -0.2) is 8.42 Å². The summed E-state index contributed by atoms with van der Waals surface area (Å²) >= 11 is 2.35. The summed E-state index contributed by atoms with van der Waals surface area (Å²) in [5, 5.41) is 1.69. The van der Waals surface area contributed by atoms with Gasteiger partial charge in [-0.05, 0) is 49.4 Å². The Morgan fingerprint density at radius 1 is 1.27 bits per heavy atom. The predicted octanol–water partition coefficient (Wildman–Crippen LogP) is 2.62. The van der Waals surface area contributed by atoms with Gasteiger partial charge in [0.25, 0.3) is 15.9 Å². The molecule has 12 heteroatoms. The number of hydrogen-bond donors (Lipinski definition) is 0. The first-order chi connectivity index (χ1) is 15.8. The van der Waals surface area contributed by atoms with Crippen LogP contribution in [0, 0.1) is 0 Å². The van der Waals surface area contributed by atoms with Crippen molar-refractivity contribution in [1.29, 1.82) is 0 Å². The molecule has 33 heavy (non-hydrogen) atoms. The average molecular weight is 510 g/mol. The Hall–Kier alpha value is -2.54. The molecular weight excluding hydrogens is 486 g/mol. The lowest BCUT2D eigenvalue weighted by Crippen LogP contribution is -2.40. The lowest BCUT2D eigenvalue weighted by atomic mass is 10.2. The zero-order chi connectivity index (χ0) is 23.6. The number of nitrogens with zero attached hydrogens (tertiary/aromatic N) is 3. The third-order valence-electron chi connectivity index (χ3n) is 5.24. The highest BCUT2D eigenvalue weighted by Gasteiger charge is 2.40. The molecule has 1 aliphatic heterocycles.